The van der Waals surface area contributed by atoms with Crippen LogP contribution in [0.5, 0.6) is 0 Å². The van der Waals surface area contributed by atoms with E-state index in [2.05, 4.69) is 6.07 Å². The molecule has 0 bridgehead atoms. The van der Waals surface area contributed by atoms with E-state index in [1.165, 1.54) is 0 Å². The summed E-state index contributed by atoms with van der Waals surface area (Å²) in [4.78, 5) is 13.7. The molecule has 1 heterocycles. The summed E-state index contributed by atoms with van der Waals surface area (Å²) in [5.41, 5.74) is 13.8. The van der Waals surface area contributed by atoms with E-state index in [0.717, 1.165) is 18.4 Å². The Bertz CT molecular complexity index is 571. The van der Waals surface area contributed by atoms with Crippen molar-refractivity contribution in [1.29, 1.82) is 5.26 Å². The number of amides is 1. The van der Waals surface area contributed by atoms with Crippen molar-refractivity contribution < 1.29 is 4.79 Å². The second-order valence-corrected chi connectivity index (χ2v) is 5.19. The van der Waals surface area contributed by atoms with E-state index in [0.29, 0.717) is 30.8 Å². The number of rotatable bonds is 4. The lowest BCUT2D eigenvalue weighted by molar-refractivity contribution is -0.131. The summed E-state index contributed by atoms with van der Waals surface area (Å²) in [6, 6.07) is 9.23. The highest BCUT2D eigenvalue weighted by atomic mass is 16.2. The molecule has 0 radical (unpaired) electrons. The van der Waals surface area contributed by atoms with E-state index in [9.17, 15) is 4.79 Å². The number of anilines is 1. The van der Waals surface area contributed by atoms with Gasteiger partial charge in [0, 0.05) is 24.4 Å². The molecule has 1 fully saturated rings. The van der Waals surface area contributed by atoms with Gasteiger partial charge in [-0.05, 0) is 37.0 Å². The van der Waals surface area contributed by atoms with Crippen molar-refractivity contribution in [3.8, 4) is 6.07 Å². The Hall–Kier alpha value is -2.48. The molecule has 1 aromatic rings. The smallest absolute Gasteiger partial charge is 0.223 e. The molecule has 110 valence electrons. The third-order valence-corrected chi connectivity index (χ3v) is 3.69. The number of hydrogen-bond donors (Lipinski definition) is 2. The molecule has 0 aromatic heterocycles. The maximum atomic E-state index is 12.1. The molecule has 1 aliphatic heterocycles. The molecule has 5 heteroatoms. The minimum Gasteiger partial charge on any atom is -0.399 e. The van der Waals surface area contributed by atoms with E-state index >= 15 is 0 Å². The summed E-state index contributed by atoms with van der Waals surface area (Å²) in [6.07, 6.45) is 4.50. The van der Waals surface area contributed by atoms with Crippen LogP contribution in [0.1, 0.15) is 31.2 Å². The molecule has 1 amide bonds. The van der Waals surface area contributed by atoms with Crippen LogP contribution in [0.3, 0.4) is 0 Å². The van der Waals surface area contributed by atoms with Crippen LogP contribution in [0.15, 0.2) is 30.3 Å². The van der Waals surface area contributed by atoms with Gasteiger partial charge in [-0.2, -0.15) is 5.26 Å². The van der Waals surface area contributed by atoms with Crippen LogP contribution >= 0.6 is 0 Å². The number of nitriles is 1. The first-order valence-electron chi connectivity index (χ1n) is 7.12. The molecule has 4 N–H and O–H groups in total. The Morgan fingerprint density at radius 2 is 2.14 bits per heavy atom. The zero-order chi connectivity index (χ0) is 15.2. The second kappa shape index (κ2) is 6.80. The molecule has 5 nitrogen and oxygen atoms in total. The molecule has 0 saturated carbocycles. The topological polar surface area (TPSA) is 96.1 Å². The van der Waals surface area contributed by atoms with E-state index < -0.39 is 0 Å². The minimum absolute atomic E-state index is 0.0282. The number of carbonyl (C=O) groups is 1. The van der Waals surface area contributed by atoms with Crippen LogP contribution in [0.25, 0.3) is 5.70 Å². The van der Waals surface area contributed by atoms with Gasteiger partial charge in [-0.1, -0.05) is 18.2 Å². The van der Waals surface area contributed by atoms with Crippen LogP contribution in [0, 0.1) is 11.3 Å². The maximum Gasteiger partial charge on any atom is 0.223 e. The van der Waals surface area contributed by atoms with Crippen molar-refractivity contribution in [3.05, 3.63) is 35.9 Å². The average Bonchev–Trinajstić information content (AvgIpc) is 2.96. The first kappa shape index (κ1) is 14.9. The average molecular weight is 284 g/mol. The molecule has 1 aromatic carbocycles. The number of nitrogens with two attached hydrogens (primary N) is 2. The molecular formula is C16H20N4O. The van der Waals surface area contributed by atoms with Gasteiger partial charge >= 0.3 is 0 Å². The lowest BCUT2D eigenvalue weighted by Crippen LogP contribution is -2.34. The Morgan fingerprint density at radius 3 is 2.81 bits per heavy atom. The fourth-order valence-electron chi connectivity index (χ4n) is 2.49. The SMILES string of the molecule is N#CC1CCCN1C(=O)CCC=C(N)c1ccc(N)cc1. The molecule has 1 saturated heterocycles. The van der Waals surface area contributed by atoms with E-state index in [4.69, 9.17) is 16.7 Å². The molecule has 0 aliphatic carbocycles. The molecular weight excluding hydrogens is 264 g/mol. The molecule has 1 atom stereocenters. The Labute approximate surface area is 124 Å². The Balaban J connectivity index is 1.88. The summed E-state index contributed by atoms with van der Waals surface area (Å²) in [5.74, 6) is 0.0282. The van der Waals surface area contributed by atoms with Crippen molar-refractivity contribution in [1.82, 2.24) is 4.90 Å². The molecule has 1 unspecified atom stereocenters. The summed E-state index contributed by atoms with van der Waals surface area (Å²) in [5, 5.41) is 8.98. The number of allylic oxidation sites excluding steroid dienone is 1. The summed E-state index contributed by atoms with van der Waals surface area (Å²) in [6.45, 7) is 0.689. The van der Waals surface area contributed by atoms with E-state index in [1.807, 2.05) is 18.2 Å². The van der Waals surface area contributed by atoms with Gasteiger partial charge in [0.2, 0.25) is 5.91 Å². The first-order chi connectivity index (χ1) is 10.1. The Kier molecular flexibility index (Phi) is 4.83. The van der Waals surface area contributed by atoms with Crippen molar-refractivity contribution >= 4 is 17.3 Å². The highest BCUT2D eigenvalue weighted by Crippen LogP contribution is 2.18. The van der Waals surface area contributed by atoms with Gasteiger partial charge in [-0.15, -0.1) is 0 Å². The summed E-state index contributed by atoms with van der Waals surface area (Å²) in [7, 11) is 0. The van der Waals surface area contributed by atoms with E-state index in [-0.39, 0.29) is 11.9 Å². The summed E-state index contributed by atoms with van der Waals surface area (Å²) < 4.78 is 0. The van der Waals surface area contributed by atoms with Crippen molar-refractivity contribution in [2.75, 3.05) is 12.3 Å². The minimum atomic E-state index is -0.254. The number of hydrogen-bond acceptors (Lipinski definition) is 4. The van der Waals surface area contributed by atoms with Gasteiger partial charge in [-0.25, -0.2) is 0 Å². The zero-order valence-corrected chi connectivity index (χ0v) is 12.0. The third kappa shape index (κ3) is 3.76. The molecule has 2 rings (SSSR count). The van der Waals surface area contributed by atoms with Gasteiger partial charge in [-0.3, -0.25) is 4.79 Å². The number of nitrogen functional groups attached to an aromatic ring is 1. The highest BCUT2D eigenvalue weighted by Gasteiger charge is 2.27. The van der Waals surface area contributed by atoms with Gasteiger partial charge < -0.3 is 16.4 Å². The fraction of sp³-hybridized carbons (Fsp3) is 0.375. The normalized spacial score (nSPS) is 18.5. The van der Waals surface area contributed by atoms with Crippen LogP contribution in [0.4, 0.5) is 5.69 Å². The maximum absolute atomic E-state index is 12.1. The quantitative estimate of drug-likeness (QED) is 0.825. The predicted octanol–water partition coefficient (Wildman–Crippen LogP) is 1.86. The first-order valence-corrected chi connectivity index (χ1v) is 7.12. The van der Waals surface area contributed by atoms with Gasteiger partial charge in [0.25, 0.3) is 0 Å². The van der Waals surface area contributed by atoms with Crippen LogP contribution in [0.2, 0.25) is 0 Å². The molecule has 21 heavy (non-hydrogen) atoms. The zero-order valence-electron chi connectivity index (χ0n) is 12.0. The van der Waals surface area contributed by atoms with E-state index in [1.54, 1.807) is 17.0 Å². The third-order valence-electron chi connectivity index (χ3n) is 3.69. The number of carbonyl (C=O) groups excluding carboxylic acids is 1. The van der Waals surface area contributed by atoms with Crippen LogP contribution < -0.4 is 11.5 Å². The summed E-state index contributed by atoms with van der Waals surface area (Å²) >= 11 is 0. The van der Waals surface area contributed by atoms with Gasteiger partial charge in [0.15, 0.2) is 0 Å². The lowest BCUT2D eigenvalue weighted by Gasteiger charge is -2.18. The number of likely N-dealkylation sites (tertiary alicyclic amines) is 1. The lowest BCUT2D eigenvalue weighted by atomic mass is 10.1. The number of benzene rings is 1. The van der Waals surface area contributed by atoms with Crippen molar-refractivity contribution in [3.63, 3.8) is 0 Å². The molecule has 1 aliphatic rings. The van der Waals surface area contributed by atoms with Gasteiger partial charge in [0.1, 0.15) is 6.04 Å². The second-order valence-electron chi connectivity index (χ2n) is 5.19. The largest absolute Gasteiger partial charge is 0.399 e. The van der Waals surface area contributed by atoms with Crippen molar-refractivity contribution in [2.24, 2.45) is 5.73 Å². The number of nitrogens with zero attached hydrogens (tertiary/aromatic N) is 2. The van der Waals surface area contributed by atoms with Crippen LogP contribution in [-0.4, -0.2) is 23.4 Å². The van der Waals surface area contributed by atoms with Gasteiger partial charge in [0.05, 0.1) is 6.07 Å². The monoisotopic (exact) mass is 284 g/mol. The fourth-order valence-corrected chi connectivity index (χ4v) is 2.49. The Morgan fingerprint density at radius 1 is 1.43 bits per heavy atom. The standard InChI is InChI=1S/C16H20N4O/c17-11-14-3-2-10-20(14)16(21)5-1-4-15(19)12-6-8-13(18)9-7-12/h4,6-9,14H,1-3,5,10,18-19H2. The van der Waals surface area contributed by atoms with Crippen molar-refractivity contribution in [2.45, 2.75) is 31.7 Å². The molecule has 0 spiro atoms. The highest BCUT2D eigenvalue weighted by molar-refractivity contribution is 5.77. The predicted molar refractivity (Wildman–Crippen MR) is 82.6 cm³/mol. The van der Waals surface area contributed by atoms with Crippen LogP contribution in [-0.2, 0) is 4.79 Å².